The summed E-state index contributed by atoms with van der Waals surface area (Å²) in [6.45, 7) is 5.35. The molecule has 0 saturated carbocycles. The van der Waals surface area contributed by atoms with E-state index in [0.29, 0.717) is 28.2 Å². The molecule has 1 spiro atoms. The molecular formula is C32H30N2O6. The Morgan fingerprint density at radius 1 is 0.875 bits per heavy atom. The summed E-state index contributed by atoms with van der Waals surface area (Å²) in [7, 11) is 3.05. The molecule has 0 N–H and O–H groups in total. The fourth-order valence-corrected chi connectivity index (χ4v) is 6.54. The molecule has 0 radical (unpaired) electrons. The highest BCUT2D eigenvalue weighted by molar-refractivity contribution is 6.31. The van der Waals surface area contributed by atoms with Crippen LogP contribution in [0.25, 0.3) is 0 Å². The van der Waals surface area contributed by atoms with Crippen molar-refractivity contribution in [1.29, 1.82) is 0 Å². The third-order valence-corrected chi connectivity index (χ3v) is 8.00. The lowest BCUT2D eigenvalue weighted by molar-refractivity contribution is -0.161. The SMILES string of the molecule is COc1ccc(OC)c([C@H]2[C@H](C(=O)OC(C)(C)C)N3N=Cc4ccccc4[C@H]3C23C(=O)c2ccccc2C3=O)c1. The van der Waals surface area contributed by atoms with Crippen LogP contribution in [0.2, 0.25) is 0 Å². The van der Waals surface area contributed by atoms with E-state index in [1.807, 2.05) is 24.3 Å². The Hall–Kier alpha value is -4.46. The van der Waals surface area contributed by atoms with Crippen LogP contribution >= 0.6 is 0 Å². The van der Waals surface area contributed by atoms with E-state index >= 15 is 0 Å². The Labute approximate surface area is 232 Å². The molecule has 6 rings (SSSR count). The number of methoxy groups -OCH3 is 2. The number of hydrazone groups is 1. The van der Waals surface area contributed by atoms with Gasteiger partial charge in [-0.05, 0) is 50.1 Å². The third-order valence-electron chi connectivity index (χ3n) is 8.00. The van der Waals surface area contributed by atoms with Crippen LogP contribution in [0.1, 0.15) is 70.1 Å². The molecule has 204 valence electrons. The minimum Gasteiger partial charge on any atom is -0.497 e. The highest BCUT2D eigenvalue weighted by Gasteiger charge is 2.73. The zero-order chi connectivity index (χ0) is 28.4. The van der Waals surface area contributed by atoms with E-state index in [4.69, 9.17) is 19.3 Å². The Balaban J connectivity index is 1.71. The van der Waals surface area contributed by atoms with Gasteiger partial charge in [-0.2, -0.15) is 5.10 Å². The first-order valence-corrected chi connectivity index (χ1v) is 13.2. The topological polar surface area (TPSA) is 94.5 Å². The number of fused-ring (bicyclic) bond motifs is 5. The minimum atomic E-state index is -1.72. The number of benzene rings is 3. The second-order valence-corrected chi connectivity index (χ2v) is 11.3. The molecule has 1 fully saturated rings. The van der Waals surface area contributed by atoms with Gasteiger partial charge < -0.3 is 14.2 Å². The number of carbonyl (C=O) groups excluding carboxylic acids is 3. The van der Waals surface area contributed by atoms with Crippen LogP contribution in [0.3, 0.4) is 0 Å². The summed E-state index contributed by atoms with van der Waals surface area (Å²) < 4.78 is 17.3. The smallest absolute Gasteiger partial charge is 0.331 e. The predicted molar refractivity (Wildman–Crippen MR) is 148 cm³/mol. The van der Waals surface area contributed by atoms with Crippen LogP contribution in [-0.2, 0) is 9.53 Å². The van der Waals surface area contributed by atoms with Crippen molar-refractivity contribution in [2.24, 2.45) is 10.5 Å². The standard InChI is InChI=1S/C32H30N2O6/c1-31(2,3)40-30(37)26-25(23-16-19(38-4)14-15-24(23)39-5)32(28(35)21-12-8-9-13-22(21)29(32)36)27-20-11-7-6-10-18(20)17-33-34(26)27/h6-17,25-27H,1-5H3/t25-,26+,27-/m0/s1. The molecule has 3 aromatic rings. The van der Waals surface area contributed by atoms with Crippen molar-refractivity contribution in [3.05, 3.63) is 94.5 Å². The van der Waals surface area contributed by atoms with Gasteiger partial charge in [0.2, 0.25) is 0 Å². The van der Waals surface area contributed by atoms with Crippen LogP contribution in [0.4, 0.5) is 0 Å². The van der Waals surface area contributed by atoms with Crippen molar-refractivity contribution in [2.75, 3.05) is 14.2 Å². The van der Waals surface area contributed by atoms with Crippen molar-refractivity contribution in [2.45, 2.75) is 44.4 Å². The Morgan fingerprint density at radius 3 is 2.15 bits per heavy atom. The molecule has 2 heterocycles. The first-order valence-electron chi connectivity index (χ1n) is 13.2. The molecule has 1 saturated heterocycles. The number of hydrogen-bond acceptors (Lipinski definition) is 8. The first-order chi connectivity index (χ1) is 19.1. The maximum atomic E-state index is 14.8. The fourth-order valence-electron chi connectivity index (χ4n) is 6.54. The minimum absolute atomic E-state index is 0.330. The molecule has 3 atom stereocenters. The Kier molecular flexibility index (Phi) is 5.83. The lowest BCUT2D eigenvalue weighted by Gasteiger charge is -2.36. The average Bonchev–Trinajstić information content (AvgIpc) is 3.38. The summed E-state index contributed by atoms with van der Waals surface area (Å²) in [5, 5.41) is 6.32. The number of hydrogen-bond donors (Lipinski definition) is 0. The second kappa shape index (κ2) is 9.05. The second-order valence-electron chi connectivity index (χ2n) is 11.3. The van der Waals surface area contributed by atoms with Crippen molar-refractivity contribution in [3.63, 3.8) is 0 Å². The van der Waals surface area contributed by atoms with Gasteiger partial charge in [0.15, 0.2) is 17.6 Å². The number of Topliss-reactive ketones (excluding diaryl/α,β-unsaturated/α-hetero) is 2. The summed E-state index contributed by atoms with van der Waals surface area (Å²) in [6.07, 6.45) is 1.67. The quantitative estimate of drug-likeness (QED) is 0.342. The van der Waals surface area contributed by atoms with Gasteiger partial charge in [0, 0.05) is 22.6 Å². The molecule has 2 aliphatic heterocycles. The molecule has 3 aliphatic rings. The lowest BCUT2D eigenvalue weighted by atomic mass is 9.63. The van der Waals surface area contributed by atoms with Gasteiger partial charge in [0.25, 0.3) is 0 Å². The van der Waals surface area contributed by atoms with E-state index in [2.05, 4.69) is 0 Å². The van der Waals surface area contributed by atoms with Crippen LogP contribution in [0.5, 0.6) is 11.5 Å². The van der Waals surface area contributed by atoms with E-state index in [0.717, 1.165) is 11.1 Å². The van der Waals surface area contributed by atoms with Gasteiger partial charge in [-0.1, -0.05) is 48.5 Å². The van der Waals surface area contributed by atoms with Crippen molar-refractivity contribution in [3.8, 4) is 11.5 Å². The largest absolute Gasteiger partial charge is 0.497 e. The van der Waals surface area contributed by atoms with Crippen LogP contribution < -0.4 is 9.47 Å². The number of esters is 1. The van der Waals surface area contributed by atoms with E-state index < -0.39 is 35.0 Å². The number of ketones is 2. The summed E-state index contributed by atoms with van der Waals surface area (Å²) in [6, 6.07) is 17.6. The molecule has 0 unspecified atom stereocenters. The van der Waals surface area contributed by atoms with Crippen molar-refractivity contribution >= 4 is 23.8 Å². The van der Waals surface area contributed by atoms with Crippen LogP contribution in [0, 0.1) is 5.41 Å². The van der Waals surface area contributed by atoms with Gasteiger partial charge in [0.1, 0.15) is 22.5 Å². The highest BCUT2D eigenvalue weighted by Crippen LogP contribution is 2.65. The zero-order valence-corrected chi connectivity index (χ0v) is 23.0. The Bertz CT molecular complexity index is 1550. The number of carbonyl (C=O) groups is 3. The van der Waals surface area contributed by atoms with Crippen molar-refractivity contribution in [1.82, 2.24) is 5.01 Å². The predicted octanol–water partition coefficient (Wildman–Crippen LogP) is 4.97. The molecule has 8 heteroatoms. The van der Waals surface area contributed by atoms with Gasteiger partial charge >= 0.3 is 5.97 Å². The van der Waals surface area contributed by atoms with Crippen LogP contribution in [-0.4, -0.2) is 54.6 Å². The normalized spacial score (nSPS) is 22.1. The van der Waals surface area contributed by atoms with E-state index in [-0.39, 0.29) is 11.6 Å². The van der Waals surface area contributed by atoms with Gasteiger partial charge in [-0.15, -0.1) is 0 Å². The lowest BCUT2D eigenvalue weighted by Crippen LogP contribution is -2.44. The number of rotatable bonds is 4. The third kappa shape index (κ3) is 3.51. The molecule has 8 nitrogen and oxygen atoms in total. The number of nitrogens with zero attached hydrogens (tertiary/aromatic N) is 2. The van der Waals surface area contributed by atoms with E-state index in [1.54, 1.807) is 74.5 Å². The van der Waals surface area contributed by atoms with E-state index in [9.17, 15) is 14.4 Å². The Morgan fingerprint density at radius 2 is 1.52 bits per heavy atom. The maximum absolute atomic E-state index is 14.8. The maximum Gasteiger partial charge on any atom is 0.331 e. The molecule has 3 aromatic carbocycles. The molecule has 40 heavy (non-hydrogen) atoms. The summed E-state index contributed by atoms with van der Waals surface area (Å²) >= 11 is 0. The van der Waals surface area contributed by atoms with Gasteiger partial charge in [0.05, 0.1) is 26.5 Å². The summed E-state index contributed by atoms with van der Waals surface area (Å²) in [5.41, 5.74) is 0.126. The van der Waals surface area contributed by atoms with Crippen molar-refractivity contribution < 1.29 is 28.6 Å². The fraction of sp³-hybridized carbons (Fsp3) is 0.312. The first kappa shape index (κ1) is 25.8. The molecule has 0 amide bonds. The summed E-state index contributed by atoms with van der Waals surface area (Å²) in [5.74, 6) is -1.37. The number of ether oxygens (including phenoxy) is 3. The van der Waals surface area contributed by atoms with Crippen LogP contribution in [0.15, 0.2) is 71.8 Å². The molecular weight excluding hydrogens is 508 g/mol. The molecule has 1 aliphatic carbocycles. The monoisotopic (exact) mass is 538 g/mol. The molecule has 0 aromatic heterocycles. The van der Waals surface area contributed by atoms with E-state index in [1.165, 1.54) is 14.2 Å². The highest BCUT2D eigenvalue weighted by atomic mass is 16.6. The van der Waals surface area contributed by atoms with Gasteiger partial charge in [-0.25, -0.2) is 4.79 Å². The average molecular weight is 539 g/mol. The molecule has 0 bridgehead atoms. The summed E-state index contributed by atoms with van der Waals surface area (Å²) in [4.78, 5) is 43.7. The van der Waals surface area contributed by atoms with Gasteiger partial charge in [-0.3, -0.25) is 14.6 Å². The zero-order valence-electron chi connectivity index (χ0n) is 23.0.